The lowest BCUT2D eigenvalue weighted by atomic mass is 10.1. The van der Waals surface area contributed by atoms with Gasteiger partial charge in [-0.15, -0.1) is 0 Å². The van der Waals surface area contributed by atoms with Crippen LogP contribution >= 0.6 is 11.6 Å². The molecule has 0 aliphatic carbocycles. The van der Waals surface area contributed by atoms with E-state index in [1.165, 1.54) is 23.0 Å². The van der Waals surface area contributed by atoms with Crippen molar-refractivity contribution in [3.05, 3.63) is 81.6 Å². The van der Waals surface area contributed by atoms with Gasteiger partial charge in [0.05, 0.1) is 29.2 Å². The number of ether oxygens (including phenoxy) is 1. The number of benzene rings is 2. The zero-order valence-corrected chi connectivity index (χ0v) is 16.4. The topological polar surface area (TPSA) is 73.2 Å². The first-order chi connectivity index (χ1) is 14.0. The van der Waals surface area contributed by atoms with E-state index in [-0.39, 0.29) is 29.2 Å². The fourth-order valence-electron chi connectivity index (χ4n) is 2.70. The van der Waals surface area contributed by atoms with Gasteiger partial charge in [-0.1, -0.05) is 11.6 Å². The quantitative estimate of drug-likeness (QED) is 0.640. The molecule has 1 N–H and O–H groups in total. The Morgan fingerprint density at radius 2 is 1.97 bits per heavy atom. The molecule has 1 amide bonds. The molecule has 3 rings (SSSR count). The van der Waals surface area contributed by atoms with Gasteiger partial charge >= 0.3 is 0 Å². The largest absolute Gasteiger partial charge is 0.494 e. The van der Waals surface area contributed by atoms with Gasteiger partial charge in [-0.2, -0.15) is 0 Å². The van der Waals surface area contributed by atoms with Gasteiger partial charge in [-0.3, -0.25) is 14.2 Å². The van der Waals surface area contributed by atoms with Crippen molar-refractivity contribution in [1.29, 1.82) is 0 Å². The molecular weight excluding hydrogens is 397 g/mol. The molecule has 1 aromatic heterocycles. The second-order valence-electron chi connectivity index (χ2n) is 6.14. The number of carbonyl (C=O) groups is 1. The maximum Gasteiger partial charge on any atom is 0.253 e. The van der Waals surface area contributed by atoms with Crippen LogP contribution in [-0.4, -0.2) is 28.6 Å². The van der Waals surface area contributed by atoms with E-state index >= 15 is 0 Å². The summed E-state index contributed by atoms with van der Waals surface area (Å²) in [5.41, 5.74) is 1.29. The van der Waals surface area contributed by atoms with Crippen LogP contribution in [0.1, 0.15) is 17.3 Å². The van der Waals surface area contributed by atoms with Crippen molar-refractivity contribution in [3.8, 4) is 17.0 Å². The Hall–Kier alpha value is -3.19. The first kappa shape index (κ1) is 20.5. The van der Waals surface area contributed by atoms with Gasteiger partial charge in [0, 0.05) is 24.7 Å². The van der Waals surface area contributed by atoms with Crippen LogP contribution in [0.3, 0.4) is 0 Å². The number of amides is 1. The van der Waals surface area contributed by atoms with Crippen LogP contribution < -0.4 is 15.6 Å². The fraction of sp³-hybridized carbons (Fsp3) is 0.190. The number of hydrogen-bond donors (Lipinski definition) is 1. The van der Waals surface area contributed by atoms with Crippen molar-refractivity contribution < 1.29 is 13.9 Å². The van der Waals surface area contributed by atoms with Crippen LogP contribution in [0.5, 0.6) is 5.75 Å². The van der Waals surface area contributed by atoms with Crippen LogP contribution in [0.15, 0.2) is 59.7 Å². The molecule has 0 spiro atoms. The van der Waals surface area contributed by atoms with Gasteiger partial charge in [0.15, 0.2) is 0 Å². The number of aromatic nitrogens is 2. The Bertz CT molecular complexity index is 1070. The van der Waals surface area contributed by atoms with Crippen LogP contribution in [-0.2, 0) is 6.54 Å². The van der Waals surface area contributed by atoms with Crippen LogP contribution in [0.25, 0.3) is 11.3 Å². The molecule has 0 saturated heterocycles. The average Bonchev–Trinajstić information content (AvgIpc) is 2.70. The molecule has 0 radical (unpaired) electrons. The number of nitrogens with one attached hydrogen (secondary N) is 1. The SMILES string of the molecule is CCOc1ccc(-c2cc(=O)n(CCNC(=O)c3ccc(F)cc3Cl)cn2)cc1. The lowest BCUT2D eigenvalue weighted by Gasteiger charge is -2.09. The minimum atomic E-state index is -0.517. The number of hydrogen-bond acceptors (Lipinski definition) is 4. The molecule has 3 aromatic rings. The number of nitrogens with zero attached hydrogens (tertiary/aromatic N) is 2. The van der Waals surface area contributed by atoms with Crippen molar-refractivity contribution >= 4 is 17.5 Å². The zero-order valence-electron chi connectivity index (χ0n) is 15.7. The number of rotatable bonds is 7. The molecule has 1 heterocycles. The molecule has 0 unspecified atom stereocenters. The van der Waals surface area contributed by atoms with E-state index in [0.717, 1.165) is 23.4 Å². The fourth-order valence-corrected chi connectivity index (χ4v) is 2.95. The van der Waals surface area contributed by atoms with Gasteiger partial charge < -0.3 is 10.1 Å². The average molecular weight is 416 g/mol. The molecule has 0 atom stereocenters. The van der Waals surface area contributed by atoms with E-state index in [9.17, 15) is 14.0 Å². The molecular formula is C21H19ClFN3O3. The third-order valence-corrected chi connectivity index (χ3v) is 4.47. The van der Waals surface area contributed by atoms with Crippen molar-refractivity contribution in [2.24, 2.45) is 0 Å². The highest BCUT2D eigenvalue weighted by Gasteiger charge is 2.11. The highest BCUT2D eigenvalue weighted by molar-refractivity contribution is 6.33. The van der Waals surface area contributed by atoms with Gasteiger partial charge in [0.25, 0.3) is 11.5 Å². The molecule has 0 saturated carbocycles. The van der Waals surface area contributed by atoms with Gasteiger partial charge in [0.1, 0.15) is 11.6 Å². The van der Waals surface area contributed by atoms with E-state index < -0.39 is 11.7 Å². The van der Waals surface area contributed by atoms with E-state index in [1.54, 1.807) is 0 Å². The normalized spacial score (nSPS) is 10.6. The lowest BCUT2D eigenvalue weighted by molar-refractivity contribution is 0.0952. The predicted octanol–water partition coefficient (Wildman–Crippen LogP) is 3.53. The van der Waals surface area contributed by atoms with Crippen molar-refractivity contribution in [1.82, 2.24) is 14.9 Å². The van der Waals surface area contributed by atoms with Crippen molar-refractivity contribution in [2.75, 3.05) is 13.2 Å². The summed E-state index contributed by atoms with van der Waals surface area (Å²) in [6, 6.07) is 12.3. The van der Waals surface area contributed by atoms with E-state index in [1.807, 2.05) is 31.2 Å². The summed E-state index contributed by atoms with van der Waals surface area (Å²) in [7, 11) is 0. The second kappa shape index (κ2) is 9.34. The Morgan fingerprint density at radius 1 is 1.21 bits per heavy atom. The number of carbonyl (C=O) groups excluding carboxylic acids is 1. The molecule has 2 aromatic carbocycles. The summed E-state index contributed by atoms with van der Waals surface area (Å²) in [5.74, 6) is -0.208. The first-order valence-electron chi connectivity index (χ1n) is 9.01. The summed E-state index contributed by atoms with van der Waals surface area (Å²) in [6.45, 7) is 2.92. The van der Waals surface area contributed by atoms with E-state index in [0.29, 0.717) is 12.3 Å². The molecule has 0 bridgehead atoms. The van der Waals surface area contributed by atoms with Crippen molar-refractivity contribution in [2.45, 2.75) is 13.5 Å². The minimum absolute atomic E-state index is 0.0287. The highest BCUT2D eigenvalue weighted by Crippen LogP contribution is 2.19. The van der Waals surface area contributed by atoms with Gasteiger partial charge in [-0.05, 0) is 49.4 Å². The summed E-state index contributed by atoms with van der Waals surface area (Å²) in [5, 5.41) is 2.68. The van der Waals surface area contributed by atoms with Gasteiger partial charge in [0.2, 0.25) is 0 Å². The summed E-state index contributed by atoms with van der Waals surface area (Å²) < 4.78 is 19.9. The Kier molecular flexibility index (Phi) is 6.61. The first-order valence-corrected chi connectivity index (χ1v) is 9.38. The zero-order chi connectivity index (χ0) is 20.8. The van der Waals surface area contributed by atoms with E-state index in [2.05, 4.69) is 10.3 Å². The Labute approximate surface area is 171 Å². The Morgan fingerprint density at radius 3 is 2.62 bits per heavy atom. The van der Waals surface area contributed by atoms with Crippen LogP contribution in [0.2, 0.25) is 5.02 Å². The van der Waals surface area contributed by atoms with Crippen LogP contribution in [0, 0.1) is 5.82 Å². The summed E-state index contributed by atoms with van der Waals surface area (Å²) >= 11 is 5.87. The summed E-state index contributed by atoms with van der Waals surface area (Å²) in [6.07, 6.45) is 1.44. The summed E-state index contributed by atoms with van der Waals surface area (Å²) in [4.78, 5) is 28.8. The third-order valence-electron chi connectivity index (χ3n) is 4.15. The molecule has 29 heavy (non-hydrogen) atoms. The maximum absolute atomic E-state index is 13.1. The van der Waals surface area contributed by atoms with Crippen molar-refractivity contribution in [3.63, 3.8) is 0 Å². The van der Waals surface area contributed by atoms with E-state index in [4.69, 9.17) is 16.3 Å². The maximum atomic E-state index is 13.1. The minimum Gasteiger partial charge on any atom is -0.494 e. The molecule has 6 nitrogen and oxygen atoms in total. The molecule has 0 fully saturated rings. The highest BCUT2D eigenvalue weighted by atomic mass is 35.5. The third kappa shape index (κ3) is 5.20. The lowest BCUT2D eigenvalue weighted by Crippen LogP contribution is -2.31. The monoisotopic (exact) mass is 415 g/mol. The second-order valence-corrected chi connectivity index (χ2v) is 6.55. The number of halogens is 2. The molecule has 150 valence electrons. The Balaban J connectivity index is 1.62. The molecule has 0 aliphatic rings. The molecule has 0 aliphatic heterocycles. The van der Waals surface area contributed by atoms with Crippen LogP contribution in [0.4, 0.5) is 4.39 Å². The molecule has 8 heteroatoms. The van der Waals surface area contributed by atoms with Gasteiger partial charge in [-0.25, -0.2) is 9.37 Å². The predicted molar refractivity (Wildman–Crippen MR) is 109 cm³/mol. The standard InChI is InChI=1S/C21H19ClFN3O3/c1-2-29-16-6-3-14(4-7-16)19-12-20(27)26(13-25-19)10-9-24-21(28)17-8-5-15(23)11-18(17)22/h3-8,11-13H,2,9-10H2,1H3,(H,24,28). The smallest absolute Gasteiger partial charge is 0.253 e.